The third kappa shape index (κ3) is 2.50. The van der Waals surface area contributed by atoms with E-state index in [0.717, 1.165) is 13.2 Å². The average Bonchev–Trinajstić information content (AvgIpc) is 2.97. The van der Waals surface area contributed by atoms with Crippen molar-refractivity contribution in [2.24, 2.45) is 0 Å². The number of benzene rings is 1. The van der Waals surface area contributed by atoms with E-state index in [1.165, 1.54) is 30.9 Å². The van der Waals surface area contributed by atoms with E-state index in [-0.39, 0.29) is 6.04 Å². The van der Waals surface area contributed by atoms with Gasteiger partial charge in [-0.15, -0.1) is 11.3 Å². The van der Waals surface area contributed by atoms with Crippen LogP contribution in [0.2, 0.25) is 0 Å². The van der Waals surface area contributed by atoms with Crippen molar-refractivity contribution in [1.82, 2.24) is 5.32 Å². The van der Waals surface area contributed by atoms with Gasteiger partial charge in [0.25, 0.3) is 0 Å². The maximum atomic E-state index is 5.49. The van der Waals surface area contributed by atoms with Gasteiger partial charge in [-0.3, -0.25) is 0 Å². The molecule has 0 bridgehead atoms. The minimum atomic E-state index is 0.235. The van der Waals surface area contributed by atoms with Gasteiger partial charge >= 0.3 is 0 Å². The van der Waals surface area contributed by atoms with Crippen LogP contribution in [0.3, 0.4) is 0 Å². The lowest BCUT2D eigenvalue weighted by Crippen LogP contribution is -2.17. The fourth-order valence-electron chi connectivity index (χ4n) is 2.52. The summed E-state index contributed by atoms with van der Waals surface area (Å²) in [6.07, 6.45) is 0. The van der Waals surface area contributed by atoms with Gasteiger partial charge in [-0.05, 0) is 52.7 Å². The Hall–Kier alpha value is -0.680. The lowest BCUT2D eigenvalue weighted by Gasteiger charge is -2.17. The van der Waals surface area contributed by atoms with Gasteiger partial charge in [0.1, 0.15) is 0 Å². The average molecular weight is 338 g/mol. The van der Waals surface area contributed by atoms with Crippen LogP contribution in [-0.4, -0.2) is 7.05 Å². The zero-order chi connectivity index (χ0) is 13.4. The Morgan fingerprint density at radius 3 is 2.74 bits per heavy atom. The van der Waals surface area contributed by atoms with Crippen molar-refractivity contribution in [2.45, 2.75) is 26.2 Å². The third-order valence-corrected chi connectivity index (χ3v) is 5.50. The van der Waals surface area contributed by atoms with Gasteiger partial charge in [-0.1, -0.05) is 18.2 Å². The Morgan fingerprint density at radius 2 is 2.05 bits per heavy atom. The number of halogens is 1. The number of thiophene rings is 1. The summed E-state index contributed by atoms with van der Waals surface area (Å²) in [4.78, 5) is 2.66. The van der Waals surface area contributed by atoms with Crippen molar-refractivity contribution in [3.8, 4) is 0 Å². The summed E-state index contributed by atoms with van der Waals surface area (Å²) in [7, 11) is 2.01. The first-order chi connectivity index (χ1) is 9.19. The van der Waals surface area contributed by atoms with E-state index >= 15 is 0 Å². The summed E-state index contributed by atoms with van der Waals surface area (Å²) in [5.74, 6) is 0. The van der Waals surface area contributed by atoms with Gasteiger partial charge in [0.2, 0.25) is 0 Å². The van der Waals surface area contributed by atoms with Crippen molar-refractivity contribution in [2.75, 3.05) is 7.05 Å². The second-order valence-corrected chi connectivity index (χ2v) is 6.95. The van der Waals surface area contributed by atoms with Gasteiger partial charge < -0.3 is 10.1 Å². The molecule has 2 nitrogen and oxygen atoms in total. The van der Waals surface area contributed by atoms with Crippen LogP contribution < -0.4 is 5.32 Å². The van der Waals surface area contributed by atoms with Crippen LogP contribution in [0.4, 0.5) is 0 Å². The number of nitrogens with one attached hydrogen (secondary N) is 1. The molecule has 1 unspecified atom stereocenters. The van der Waals surface area contributed by atoms with Crippen LogP contribution in [0.5, 0.6) is 0 Å². The molecule has 1 aliphatic rings. The van der Waals surface area contributed by atoms with Crippen LogP contribution in [0.1, 0.15) is 32.5 Å². The molecule has 0 spiro atoms. The lowest BCUT2D eigenvalue weighted by molar-refractivity contribution is 0.134. The van der Waals surface area contributed by atoms with Crippen molar-refractivity contribution in [3.63, 3.8) is 0 Å². The summed E-state index contributed by atoms with van der Waals surface area (Å²) in [6, 6.07) is 9.08. The molecule has 0 saturated carbocycles. The minimum absolute atomic E-state index is 0.235. The van der Waals surface area contributed by atoms with Gasteiger partial charge in [-0.2, -0.15) is 0 Å². The number of rotatable bonds is 3. The second kappa shape index (κ2) is 5.37. The smallest absolute Gasteiger partial charge is 0.0725 e. The van der Waals surface area contributed by atoms with Crippen LogP contribution in [0.25, 0.3) is 0 Å². The zero-order valence-electron chi connectivity index (χ0n) is 11.0. The summed E-state index contributed by atoms with van der Waals surface area (Å²) in [5, 5.41) is 3.42. The standard InChI is InChI=1S/C15H16BrNOS/c1-9-5-13(16)15(19-9)14(17-2)10-3-4-11-7-18-8-12(11)6-10/h3-6,14,17H,7-8H2,1-2H3. The molecule has 0 saturated heterocycles. The normalized spacial score (nSPS) is 15.5. The topological polar surface area (TPSA) is 21.3 Å². The largest absolute Gasteiger partial charge is 0.372 e. The molecular weight excluding hydrogens is 322 g/mol. The van der Waals surface area contributed by atoms with Crippen molar-refractivity contribution >= 4 is 27.3 Å². The molecular formula is C15H16BrNOS. The number of aryl methyl sites for hydroxylation is 1. The summed E-state index contributed by atoms with van der Waals surface area (Å²) >= 11 is 5.50. The number of ether oxygens (including phenoxy) is 1. The Bertz CT molecular complexity index is 608. The molecule has 100 valence electrons. The maximum Gasteiger partial charge on any atom is 0.0725 e. The molecule has 3 rings (SSSR count). The molecule has 0 aliphatic carbocycles. The molecule has 1 aromatic heterocycles. The fraction of sp³-hybridized carbons (Fsp3) is 0.333. The maximum absolute atomic E-state index is 5.49. The van der Waals surface area contributed by atoms with Crippen molar-refractivity contribution < 1.29 is 4.74 Å². The summed E-state index contributed by atoms with van der Waals surface area (Å²) in [6.45, 7) is 3.63. The highest BCUT2D eigenvalue weighted by Gasteiger charge is 2.20. The number of hydrogen-bond donors (Lipinski definition) is 1. The first-order valence-electron chi connectivity index (χ1n) is 6.31. The SMILES string of the molecule is CNC(c1ccc2c(c1)COC2)c1sc(C)cc1Br. The van der Waals surface area contributed by atoms with Gasteiger partial charge in [0.05, 0.1) is 19.3 Å². The predicted octanol–water partition coefficient (Wildman–Crippen LogP) is 4.16. The molecule has 0 amide bonds. The molecule has 1 aliphatic heterocycles. The van der Waals surface area contributed by atoms with E-state index in [9.17, 15) is 0 Å². The molecule has 19 heavy (non-hydrogen) atoms. The fourth-order valence-corrected chi connectivity index (χ4v) is 4.54. The first-order valence-corrected chi connectivity index (χ1v) is 7.92. The molecule has 4 heteroatoms. The van der Waals surface area contributed by atoms with E-state index in [0.29, 0.717) is 0 Å². The molecule has 2 heterocycles. The highest BCUT2D eigenvalue weighted by Crippen LogP contribution is 2.36. The van der Waals surface area contributed by atoms with Crippen molar-refractivity contribution in [1.29, 1.82) is 0 Å². The van der Waals surface area contributed by atoms with Crippen LogP contribution in [0, 0.1) is 6.92 Å². The van der Waals surface area contributed by atoms with Gasteiger partial charge in [0, 0.05) is 14.2 Å². The highest BCUT2D eigenvalue weighted by molar-refractivity contribution is 9.10. The van der Waals surface area contributed by atoms with Crippen LogP contribution >= 0.6 is 27.3 Å². The highest BCUT2D eigenvalue weighted by atomic mass is 79.9. The van der Waals surface area contributed by atoms with Gasteiger partial charge in [0.15, 0.2) is 0 Å². The monoisotopic (exact) mass is 337 g/mol. The first kappa shape index (κ1) is 13.3. The molecule has 0 fully saturated rings. The Kier molecular flexibility index (Phi) is 3.76. The predicted molar refractivity (Wildman–Crippen MR) is 82.6 cm³/mol. The third-order valence-electron chi connectivity index (χ3n) is 3.47. The van der Waals surface area contributed by atoms with E-state index in [4.69, 9.17) is 4.74 Å². The second-order valence-electron chi connectivity index (χ2n) is 4.81. The van der Waals surface area contributed by atoms with Crippen LogP contribution in [-0.2, 0) is 18.0 Å². The molecule has 2 aromatic rings. The quantitative estimate of drug-likeness (QED) is 0.907. The van der Waals surface area contributed by atoms with E-state index < -0.39 is 0 Å². The van der Waals surface area contributed by atoms with Gasteiger partial charge in [-0.25, -0.2) is 0 Å². The lowest BCUT2D eigenvalue weighted by atomic mass is 10.0. The Balaban J connectivity index is 2.00. The number of hydrogen-bond acceptors (Lipinski definition) is 3. The number of fused-ring (bicyclic) bond motifs is 1. The summed E-state index contributed by atoms with van der Waals surface area (Å²) in [5.41, 5.74) is 3.94. The van der Waals surface area contributed by atoms with E-state index in [2.05, 4.69) is 52.4 Å². The van der Waals surface area contributed by atoms with E-state index in [1.807, 2.05) is 18.4 Å². The molecule has 0 radical (unpaired) electrons. The molecule has 1 N–H and O–H groups in total. The van der Waals surface area contributed by atoms with Crippen molar-refractivity contribution in [3.05, 3.63) is 55.2 Å². The molecule has 1 aromatic carbocycles. The van der Waals surface area contributed by atoms with Crippen LogP contribution in [0.15, 0.2) is 28.7 Å². The minimum Gasteiger partial charge on any atom is -0.372 e. The van der Waals surface area contributed by atoms with E-state index in [1.54, 1.807) is 0 Å². The Labute approximate surface area is 125 Å². The zero-order valence-corrected chi connectivity index (χ0v) is 13.4. The summed E-state index contributed by atoms with van der Waals surface area (Å²) < 4.78 is 6.68. The molecule has 1 atom stereocenters. The Morgan fingerprint density at radius 1 is 1.26 bits per heavy atom.